The Labute approximate surface area is 373 Å². The summed E-state index contributed by atoms with van der Waals surface area (Å²) < 4.78 is 0. The van der Waals surface area contributed by atoms with Crippen molar-refractivity contribution in [3.8, 4) is 0 Å². The molecule has 1 aromatic rings. The van der Waals surface area contributed by atoms with E-state index in [9.17, 15) is 28.8 Å². The summed E-state index contributed by atoms with van der Waals surface area (Å²) in [5.74, 6) is -3.07. The number of benzene rings is 1. The van der Waals surface area contributed by atoms with Gasteiger partial charge in [-0.15, -0.1) is 12.6 Å². The maximum atomic E-state index is 14.9. The van der Waals surface area contributed by atoms with Crippen molar-refractivity contribution in [2.24, 2.45) is 32.7 Å². The van der Waals surface area contributed by atoms with Gasteiger partial charge in [-0.1, -0.05) is 99.6 Å². The van der Waals surface area contributed by atoms with Crippen molar-refractivity contribution in [2.75, 3.05) is 39.3 Å². The van der Waals surface area contributed by atoms with E-state index in [-0.39, 0.29) is 48.4 Å². The van der Waals surface area contributed by atoms with Crippen LogP contribution in [0.3, 0.4) is 0 Å². The molecule has 3 aliphatic rings. The van der Waals surface area contributed by atoms with Crippen LogP contribution >= 0.6 is 12.6 Å². The first-order valence-electron chi connectivity index (χ1n) is 21.8. The average Bonchev–Trinajstić information content (AvgIpc) is 3.61. The van der Waals surface area contributed by atoms with E-state index in [0.29, 0.717) is 39.1 Å². The highest BCUT2D eigenvalue weighted by Gasteiger charge is 2.44. The number of thiol groups is 1. The Bertz CT molecular complexity index is 1840. The fourth-order valence-electron chi connectivity index (χ4n) is 8.04. The maximum absolute atomic E-state index is 14.9. The van der Waals surface area contributed by atoms with Gasteiger partial charge in [0.2, 0.25) is 35.4 Å². The van der Waals surface area contributed by atoms with Gasteiger partial charge in [-0.2, -0.15) is 0 Å². The lowest BCUT2D eigenvalue weighted by molar-refractivity contribution is -0.140. The number of hydrogen-bond acceptors (Lipinski definition) is 10. The number of amidine groups is 1. The molecule has 0 aromatic heterocycles. The Kier molecular flexibility index (Phi) is 17.7. The molecule has 0 radical (unpaired) electrons. The van der Waals surface area contributed by atoms with Crippen LogP contribution in [0, 0.1) is 22.7 Å². The van der Waals surface area contributed by atoms with Gasteiger partial charge in [-0.05, 0) is 40.1 Å². The van der Waals surface area contributed by atoms with Crippen LogP contribution in [0.25, 0.3) is 0 Å². The Morgan fingerprint density at radius 2 is 1.58 bits per heavy atom. The first-order valence-corrected chi connectivity index (χ1v) is 22.3. The number of fused-ring (bicyclic) bond motifs is 1. The van der Waals surface area contributed by atoms with Crippen LogP contribution in [0.2, 0.25) is 0 Å². The number of piperazine rings is 1. The van der Waals surface area contributed by atoms with Crippen LogP contribution in [-0.2, 0) is 28.8 Å². The lowest BCUT2D eigenvalue weighted by Gasteiger charge is -2.38. The second-order valence-corrected chi connectivity index (χ2v) is 19.5. The van der Waals surface area contributed by atoms with Crippen LogP contribution in [0.15, 0.2) is 51.9 Å². The summed E-state index contributed by atoms with van der Waals surface area (Å²) in [6.45, 7) is 21.3. The Morgan fingerprint density at radius 1 is 0.919 bits per heavy atom. The summed E-state index contributed by atoms with van der Waals surface area (Å²) in [5.41, 5.74) is -0.748. The van der Waals surface area contributed by atoms with E-state index >= 15 is 0 Å². The van der Waals surface area contributed by atoms with E-state index in [1.54, 1.807) is 9.80 Å². The number of carbonyl (C=O) groups excluding carboxylic acids is 6. The molecule has 16 nitrogen and oxygen atoms in total. The van der Waals surface area contributed by atoms with Crippen LogP contribution in [0.5, 0.6) is 0 Å². The topological polar surface area (TPSA) is 206 Å². The van der Waals surface area contributed by atoms with E-state index < -0.39 is 70.7 Å². The molecule has 0 aliphatic carbocycles. The standard InChI is InChI=1S/C45H70N10O6S/c1-27(2)34-40(58)53-37(44(5,6)7)39(48-26-33(57)55-20-16-28(3)36(55)42(60)50-34)52-38(45(8,9)10)43(61)51-35(29(4)30-14-12-11-13-15-30)41(59)49-31(25-47-19-23-62)24-32(56)54-21-17-46-18-22-54/h11-15,19,23,25,27-29,31,34-38,46,62H,16-18,20-22,24,26H2,1-10H3,(H,48,52)(H,49,59)(H,50,60)(H,51,61)(H,53,58)/b23-19-,47-25+/t28-,29+,31-,34+,35?,36+,37?,38?/m1/s1. The van der Waals surface area contributed by atoms with E-state index in [1.807, 2.05) is 99.6 Å². The molecule has 0 bridgehead atoms. The summed E-state index contributed by atoms with van der Waals surface area (Å²) >= 11 is 4.09. The predicted octanol–water partition coefficient (Wildman–Crippen LogP) is 2.38. The summed E-state index contributed by atoms with van der Waals surface area (Å²) in [4.78, 5) is 97.2. The lowest BCUT2D eigenvalue weighted by Crippen LogP contribution is -2.63. The van der Waals surface area contributed by atoms with Crippen molar-refractivity contribution in [3.05, 3.63) is 47.5 Å². The molecule has 0 saturated carbocycles. The first-order chi connectivity index (χ1) is 29.1. The Balaban J connectivity index is 1.76. The first kappa shape index (κ1) is 49.9. The minimum Gasteiger partial charge on any atom is -0.363 e. The molecule has 3 heterocycles. The fraction of sp³-hybridized carbons (Fsp3) is 0.644. The quantitative estimate of drug-likeness (QED) is 0.122. The summed E-state index contributed by atoms with van der Waals surface area (Å²) in [6, 6.07) is 3.77. The van der Waals surface area contributed by atoms with Gasteiger partial charge in [-0.3, -0.25) is 38.8 Å². The highest BCUT2D eigenvalue weighted by molar-refractivity contribution is 7.83. The molecule has 3 unspecified atom stereocenters. The Hall–Kier alpha value is -4.77. The minimum atomic E-state index is -1.14. The Morgan fingerprint density at radius 3 is 2.18 bits per heavy atom. The van der Waals surface area contributed by atoms with Gasteiger partial charge in [-0.25, -0.2) is 0 Å². The third-order valence-corrected chi connectivity index (χ3v) is 11.9. The smallest absolute Gasteiger partial charge is 0.246 e. The molecule has 1 aromatic carbocycles. The number of nitrogens with zero attached hydrogens (tertiary/aromatic N) is 4. The van der Waals surface area contributed by atoms with Crippen molar-refractivity contribution in [3.63, 3.8) is 0 Å². The van der Waals surface area contributed by atoms with Crippen molar-refractivity contribution >= 4 is 60.1 Å². The molecule has 6 amide bonds. The molecular formula is C45H70N10O6S. The summed E-state index contributed by atoms with van der Waals surface area (Å²) in [7, 11) is 0. The SMILES string of the molecule is CC(C)[C@@H]1NC(=O)[C@@H]2[C@H](C)CCN2C(=O)CN/C(=N\C(C(=O)NC(C(=O)N[C@@H](/C=N/C=C\S)CC(=O)N2CCNCC2)[C@@H](C)c2ccccc2)C(C)(C)C)C(C(C)(C)C)NC1=O. The van der Waals surface area contributed by atoms with Gasteiger partial charge < -0.3 is 41.7 Å². The molecule has 3 aliphatic heterocycles. The summed E-state index contributed by atoms with van der Waals surface area (Å²) in [5, 5.41) is 20.0. The van der Waals surface area contributed by atoms with Crippen LogP contribution in [0.4, 0.5) is 0 Å². The van der Waals surface area contributed by atoms with Crippen LogP contribution in [-0.4, -0.2) is 133 Å². The third-order valence-electron chi connectivity index (χ3n) is 11.7. The van der Waals surface area contributed by atoms with Gasteiger partial charge in [0.1, 0.15) is 30.0 Å². The number of nitrogens with one attached hydrogen (secondary N) is 6. The molecule has 17 heteroatoms. The van der Waals surface area contributed by atoms with Gasteiger partial charge in [0.05, 0.1) is 25.0 Å². The lowest BCUT2D eigenvalue weighted by atomic mass is 9.83. The van der Waals surface area contributed by atoms with Gasteiger partial charge in [0, 0.05) is 51.1 Å². The molecule has 342 valence electrons. The van der Waals surface area contributed by atoms with Crippen LogP contribution < -0.4 is 31.9 Å². The molecule has 3 fully saturated rings. The zero-order valence-corrected chi connectivity index (χ0v) is 39.1. The molecular weight excluding hydrogens is 809 g/mol. The molecule has 4 rings (SSSR count). The minimum absolute atomic E-state index is 0.0446. The van der Waals surface area contributed by atoms with Gasteiger partial charge in [0.15, 0.2) is 0 Å². The highest BCUT2D eigenvalue weighted by Crippen LogP contribution is 2.29. The fourth-order valence-corrected chi connectivity index (χ4v) is 8.11. The maximum Gasteiger partial charge on any atom is 0.246 e. The number of aliphatic imine (C=N–C) groups is 2. The average molecular weight is 879 g/mol. The van der Waals surface area contributed by atoms with E-state index in [2.05, 4.69) is 49.5 Å². The largest absolute Gasteiger partial charge is 0.363 e. The molecule has 62 heavy (non-hydrogen) atoms. The molecule has 0 spiro atoms. The van der Waals surface area contributed by atoms with E-state index in [0.717, 1.165) is 5.56 Å². The predicted molar refractivity (Wildman–Crippen MR) is 246 cm³/mol. The highest BCUT2D eigenvalue weighted by atomic mass is 32.1. The number of hydrogen-bond donors (Lipinski definition) is 7. The number of amides is 6. The molecule has 8 atom stereocenters. The number of carbonyl (C=O) groups is 6. The second kappa shape index (κ2) is 22.0. The second-order valence-electron chi connectivity index (χ2n) is 19.2. The van der Waals surface area contributed by atoms with Crippen molar-refractivity contribution in [2.45, 2.75) is 124 Å². The zero-order valence-electron chi connectivity index (χ0n) is 38.2. The van der Waals surface area contributed by atoms with E-state index in [1.165, 1.54) is 17.8 Å². The molecule has 3 saturated heterocycles. The summed E-state index contributed by atoms with van der Waals surface area (Å²) in [6.07, 6.45) is 3.51. The zero-order chi connectivity index (χ0) is 45.9. The van der Waals surface area contributed by atoms with Crippen LogP contribution in [0.1, 0.15) is 93.6 Å². The monoisotopic (exact) mass is 879 g/mol. The third kappa shape index (κ3) is 13.4. The normalized spacial score (nSPS) is 24.6. The van der Waals surface area contributed by atoms with Crippen molar-refractivity contribution in [1.82, 2.24) is 41.7 Å². The van der Waals surface area contributed by atoms with Gasteiger partial charge in [0.25, 0.3) is 0 Å². The van der Waals surface area contributed by atoms with E-state index in [4.69, 9.17) is 4.99 Å². The van der Waals surface area contributed by atoms with Crippen molar-refractivity contribution < 1.29 is 28.8 Å². The molecule has 6 N–H and O–H groups in total. The van der Waals surface area contributed by atoms with Gasteiger partial charge >= 0.3 is 0 Å². The van der Waals surface area contributed by atoms with Crippen molar-refractivity contribution in [1.29, 1.82) is 0 Å². The number of rotatable bonds is 12.